The van der Waals surface area contributed by atoms with Crippen molar-refractivity contribution in [2.24, 2.45) is 0 Å². The summed E-state index contributed by atoms with van der Waals surface area (Å²) >= 11 is 0. The molecule has 0 saturated carbocycles. The predicted molar refractivity (Wildman–Crippen MR) is 48.2 cm³/mol. The van der Waals surface area contributed by atoms with Crippen molar-refractivity contribution in [1.29, 1.82) is 0 Å². The van der Waals surface area contributed by atoms with Crippen molar-refractivity contribution in [2.75, 3.05) is 13.7 Å². The molecule has 72 valence electrons. The molecular weight excluding hydrogens is 168 g/mol. The van der Waals surface area contributed by atoms with Crippen molar-refractivity contribution in [1.82, 2.24) is 0 Å². The maximum atomic E-state index is 9.15. The molecule has 0 aromatic heterocycles. The first-order chi connectivity index (χ1) is 6.36. The van der Waals surface area contributed by atoms with Gasteiger partial charge in [0.05, 0.1) is 32.2 Å². The third kappa shape index (κ3) is 1.38. The molecule has 0 aliphatic carbocycles. The van der Waals surface area contributed by atoms with Crippen LogP contribution in [0.1, 0.15) is 12.8 Å². The molecule has 0 aromatic carbocycles. The summed E-state index contributed by atoms with van der Waals surface area (Å²) in [5.41, 5.74) is 2.14. The van der Waals surface area contributed by atoms with Gasteiger partial charge in [0.15, 0.2) is 0 Å². The first kappa shape index (κ1) is 8.78. The monoisotopic (exact) mass is 182 g/mol. The van der Waals surface area contributed by atoms with Crippen LogP contribution in [0.4, 0.5) is 0 Å². The van der Waals surface area contributed by atoms with Crippen LogP contribution in [0.5, 0.6) is 0 Å². The van der Waals surface area contributed by atoms with Gasteiger partial charge in [0.25, 0.3) is 0 Å². The average molecular weight is 182 g/mol. The van der Waals surface area contributed by atoms with Gasteiger partial charge in [0, 0.05) is 0 Å². The second kappa shape index (κ2) is 3.52. The lowest BCUT2D eigenvalue weighted by atomic mass is 9.92. The second-order valence-corrected chi connectivity index (χ2v) is 3.37. The van der Waals surface area contributed by atoms with Gasteiger partial charge in [-0.15, -0.1) is 0 Å². The topological polar surface area (TPSA) is 38.7 Å². The van der Waals surface area contributed by atoms with E-state index in [9.17, 15) is 0 Å². The highest BCUT2D eigenvalue weighted by atomic mass is 16.5. The van der Waals surface area contributed by atoms with E-state index >= 15 is 0 Å². The Morgan fingerprint density at radius 3 is 3.00 bits per heavy atom. The number of hydrogen-bond donors (Lipinski definition) is 1. The third-order valence-electron chi connectivity index (χ3n) is 2.68. The summed E-state index contributed by atoms with van der Waals surface area (Å²) in [4.78, 5) is 0. The van der Waals surface area contributed by atoms with Crippen LogP contribution in [-0.2, 0) is 9.47 Å². The zero-order chi connectivity index (χ0) is 9.26. The van der Waals surface area contributed by atoms with Crippen molar-refractivity contribution in [2.45, 2.75) is 25.0 Å². The summed E-state index contributed by atoms with van der Waals surface area (Å²) in [7, 11) is 1.61. The smallest absolute Gasteiger partial charge is 0.0836 e. The summed E-state index contributed by atoms with van der Waals surface area (Å²) in [5.74, 6) is 0. The van der Waals surface area contributed by atoms with E-state index in [1.165, 1.54) is 0 Å². The Morgan fingerprint density at radius 1 is 1.54 bits per heavy atom. The van der Waals surface area contributed by atoms with Gasteiger partial charge in [-0.3, -0.25) is 0 Å². The molecule has 3 nitrogen and oxygen atoms in total. The first-order valence-electron chi connectivity index (χ1n) is 4.55. The molecular formula is C10H14O3. The van der Waals surface area contributed by atoms with Gasteiger partial charge in [0.1, 0.15) is 0 Å². The number of ether oxygens (including phenoxy) is 2. The Kier molecular flexibility index (Phi) is 2.38. The van der Waals surface area contributed by atoms with E-state index in [0.29, 0.717) is 0 Å². The molecule has 2 aliphatic rings. The number of rotatable bonds is 3. The highest BCUT2D eigenvalue weighted by Gasteiger charge is 2.38. The fourth-order valence-electron chi connectivity index (χ4n) is 2.06. The summed E-state index contributed by atoms with van der Waals surface area (Å²) in [6, 6.07) is 0. The molecule has 2 atom stereocenters. The standard InChI is InChI=1S/C10H14O3/c1-12-5-4-7-8(6-11)10-3-2-9(7)13-10/h4-5,9-11H,2-3,6H2,1H3/t9-,10+/m0/s1. The van der Waals surface area contributed by atoms with Crippen LogP contribution in [0.2, 0.25) is 0 Å². The Bertz CT molecular complexity index is 255. The van der Waals surface area contributed by atoms with Crippen molar-refractivity contribution in [3.8, 4) is 0 Å². The van der Waals surface area contributed by atoms with Crippen LogP contribution < -0.4 is 0 Å². The summed E-state index contributed by atoms with van der Waals surface area (Å²) < 4.78 is 10.5. The van der Waals surface area contributed by atoms with Crippen LogP contribution in [0.15, 0.2) is 23.5 Å². The lowest BCUT2D eigenvalue weighted by Crippen LogP contribution is -2.10. The van der Waals surface area contributed by atoms with Crippen molar-refractivity contribution < 1.29 is 14.6 Å². The first-order valence-corrected chi connectivity index (χ1v) is 4.55. The number of methoxy groups -OCH3 is 1. The number of aliphatic hydroxyl groups is 1. The predicted octanol–water partition coefficient (Wildman–Crippen LogP) is 0.997. The van der Waals surface area contributed by atoms with Crippen molar-refractivity contribution >= 4 is 0 Å². The van der Waals surface area contributed by atoms with E-state index in [-0.39, 0.29) is 18.8 Å². The summed E-state index contributed by atoms with van der Waals surface area (Å²) in [5, 5.41) is 9.15. The Balaban J connectivity index is 2.21. The maximum Gasteiger partial charge on any atom is 0.0836 e. The van der Waals surface area contributed by atoms with E-state index in [2.05, 4.69) is 0 Å². The van der Waals surface area contributed by atoms with Gasteiger partial charge >= 0.3 is 0 Å². The quantitative estimate of drug-likeness (QED) is 0.662. The molecule has 2 bridgehead atoms. The Hall–Kier alpha value is -0.800. The molecule has 0 aromatic rings. The van der Waals surface area contributed by atoms with Gasteiger partial charge in [0.2, 0.25) is 0 Å². The minimum atomic E-state index is 0.102. The summed E-state index contributed by atoms with van der Waals surface area (Å²) in [6.07, 6.45) is 6.00. The Morgan fingerprint density at radius 2 is 2.31 bits per heavy atom. The van der Waals surface area contributed by atoms with E-state index in [0.717, 1.165) is 24.0 Å². The van der Waals surface area contributed by atoms with Crippen LogP contribution in [0.25, 0.3) is 0 Å². The van der Waals surface area contributed by atoms with Crippen LogP contribution >= 0.6 is 0 Å². The molecule has 0 spiro atoms. The zero-order valence-electron chi connectivity index (χ0n) is 7.69. The minimum absolute atomic E-state index is 0.102. The number of hydrogen-bond acceptors (Lipinski definition) is 3. The molecule has 2 rings (SSSR count). The zero-order valence-corrected chi connectivity index (χ0v) is 7.69. The lowest BCUT2D eigenvalue weighted by Gasteiger charge is -2.11. The Labute approximate surface area is 77.7 Å². The SMILES string of the molecule is COC=CC1=C(CO)[C@H]2CC[C@@H]1O2. The van der Waals surface area contributed by atoms with Gasteiger partial charge in [-0.05, 0) is 30.1 Å². The van der Waals surface area contributed by atoms with Gasteiger partial charge in [-0.2, -0.15) is 0 Å². The molecule has 1 N–H and O–H groups in total. The molecule has 0 radical (unpaired) electrons. The maximum absolute atomic E-state index is 9.15. The highest BCUT2D eigenvalue weighted by molar-refractivity contribution is 5.38. The highest BCUT2D eigenvalue weighted by Crippen LogP contribution is 2.39. The number of fused-ring (bicyclic) bond motifs is 2. The molecule has 3 heteroatoms. The fraction of sp³-hybridized carbons (Fsp3) is 0.600. The van der Waals surface area contributed by atoms with Crippen LogP contribution in [0.3, 0.4) is 0 Å². The average Bonchev–Trinajstić information content (AvgIpc) is 2.73. The van der Waals surface area contributed by atoms with Gasteiger partial charge in [-0.25, -0.2) is 0 Å². The minimum Gasteiger partial charge on any atom is -0.504 e. The van der Waals surface area contributed by atoms with Crippen LogP contribution in [-0.4, -0.2) is 31.0 Å². The van der Waals surface area contributed by atoms with E-state index in [1.807, 2.05) is 6.08 Å². The van der Waals surface area contributed by atoms with Crippen molar-refractivity contribution in [3.63, 3.8) is 0 Å². The van der Waals surface area contributed by atoms with Gasteiger partial charge in [-0.1, -0.05) is 0 Å². The third-order valence-corrected chi connectivity index (χ3v) is 2.68. The lowest BCUT2D eigenvalue weighted by molar-refractivity contribution is 0.108. The van der Waals surface area contributed by atoms with Gasteiger partial charge < -0.3 is 14.6 Å². The molecule has 2 heterocycles. The van der Waals surface area contributed by atoms with Crippen LogP contribution in [0, 0.1) is 0 Å². The fourth-order valence-corrected chi connectivity index (χ4v) is 2.06. The summed E-state index contributed by atoms with van der Waals surface area (Å²) in [6.45, 7) is 0.102. The van der Waals surface area contributed by atoms with Crippen molar-refractivity contribution in [3.05, 3.63) is 23.5 Å². The van der Waals surface area contributed by atoms with E-state index in [1.54, 1.807) is 13.4 Å². The largest absolute Gasteiger partial charge is 0.504 e. The molecule has 0 unspecified atom stereocenters. The molecule has 1 fully saturated rings. The molecule has 1 saturated heterocycles. The van der Waals surface area contributed by atoms with E-state index < -0.39 is 0 Å². The second-order valence-electron chi connectivity index (χ2n) is 3.37. The molecule has 0 amide bonds. The number of aliphatic hydroxyl groups excluding tert-OH is 1. The normalized spacial score (nSPS) is 32.2. The molecule has 13 heavy (non-hydrogen) atoms. The van der Waals surface area contributed by atoms with E-state index in [4.69, 9.17) is 14.6 Å². The molecule has 2 aliphatic heterocycles.